The van der Waals surface area contributed by atoms with E-state index in [4.69, 9.17) is 4.74 Å². The van der Waals surface area contributed by atoms with E-state index in [1.54, 1.807) is 13.0 Å². The molecule has 8 heteroatoms. The van der Waals surface area contributed by atoms with Gasteiger partial charge in [0, 0.05) is 6.08 Å². The fraction of sp³-hybridized carbons (Fsp3) is 0.238. The molecule has 2 aromatic carbocycles. The van der Waals surface area contributed by atoms with Gasteiger partial charge in [-0.25, -0.2) is 0 Å². The Balaban J connectivity index is 1.85. The van der Waals surface area contributed by atoms with Gasteiger partial charge in [0.05, 0.1) is 5.56 Å². The van der Waals surface area contributed by atoms with Crippen LogP contribution in [0.15, 0.2) is 48.5 Å². The van der Waals surface area contributed by atoms with Crippen LogP contribution in [0.1, 0.15) is 29.2 Å². The van der Waals surface area contributed by atoms with Crippen LogP contribution in [0.2, 0.25) is 0 Å². The predicted octanol–water partition coefficient (Wildman–Crippen LogP) is 3.95. The zero-order valence-corrected chi connectivity index (χ0v) is 16.1. The van der Waals surface area contributed by atoms with Crippen molar-refractivity contribution in [3.8, 4) is 5.75 Å². The number of ether oxygens (including phenoxy) is 1. The minimum Gasteiger partial charge on any atom is -0.481 e. The third-order valence-corrected chi connectivity index (χ3v) is 4.20. The summed E-state index contributed by atoms with van der Waals surface area (Å²) in [7, 11) is 0. The van der Waals surface area contributed by atoms with Gasteiger partial charge in [-0.3, -0.25) is 20.4 Å². The van der Waals surface area contributed by atoms with Crippen molar-refractivity contribution in [3.05, 3.63) is 70.8 Å². The number of hydrazine groups is 1. The lowest BCUT2D eigenvalue weighted by Gasteiger charge is -2.17. The van der Waals surface area contributed by atoms with Crippen LogP contribution in [0.25, 0.3) is 6.08 Å². The van der Waals surface area contributed by atoms with Crippen molar-refractivity contribution in [1.29, 1.82) is 0 Å². The highest BCUT2D eigenvalue weighted by molar-refractivity contribution is 5.93. The van der Waals surface area contributed by atoms with Crippen LogP contribution in [0.3, 0.4) is 0 Å². The van der Waals surface area contributed by atoms with Gasteiger partial charge in [-0.1, -0.05) is 24.3 Å². The monoisotopic (exact) mass is 406 g/mol. The average Bonchev–Trinajstić information content (AvgIpc) is 2.67. The van der Waals surface area contributed by atoms with E-state index < -0.39 is 29.7 Å². The number of carbonyl (C=O) groups is 2. The van der Waals surface area contributed by atoms with E-state index in [9.17, 15) is 22.8 Å². The smallest absolute Gasteiger partial charge is 0.416 e. The lowest BCUT2D eigenvalue weighted by Crippen LogP contribution is -2.46. The van der Waals surface area contributed by atoms with Crippen molar-refractivity contribution < 1.29 is 27.5 Å². The van der Waals surface area contributed by atoms with Gasteiger partial charge in [0.1, 0.15) is 5.75 Å². The molecule has 29 heavy (non-hydrogen) atoms. The Labute approximate surface area is 166 Å². The second kappa shape index (κ2) is 9.27. The molecule has 2 amide bonds. The van der Waals surface area contributed by atoms with Crippen molar-refractivity contribution >= 4 is 17.9 Å². The lowest BCUT2D eigenvalue weighted by atomic mass is 10.1. The number of hydrogen-bond acceptors (Lipinski definition) is 3. The summed E-state index contributed by atoms with van der Waals surface area (Å²) in [6, 6.07) is 9.82. The molecule has 0 aliphatic rings. The zero-order chi connectivity index (χ0) is 21.6. The summed E-state index contributed by atoms with van der Waals surface area (Å²) < 4.78 is 43.2. The second-order valence-electron chi connectivity index (χ2n) is 6.39. The van der Waals surface area contributed by atoms with Crippen molar-refractivity contribution in [2.75, 3.05) is 0 Å². The van der Waals surface area contributed by atoms with E-state index >= 15 is 0 Å². The fourth-order valence-corrected chi connectivity index (χ4v) is 2.32. The van der Waals surface area contributed by atoms with Crippen molar-refractivity contribution in [3.63, 3.8) is 0 Å². The SMILES string of the molecule is Cc1cccc(O[C@H](C)C(=O)NNC(=O)/C=C/c2ccc(C(F)(F)F)cc2)c1C. The Hall–Kier alpha value is -3.29. The molecule has 0 aliphatic carbocycles. The van der Waals surface area contributed by atoms with Crippen molar-refractivity contribution in [2.45, 2.75) is 33.1 Å². The molecule has 1 atom stereocenters. The fourth-order valence-electron chi connectivity index (χ4n) is 2.32. The standard InChI is InChI=1S/C21H21F3N2O3/c1-13-5-4-6-18(14(13)2)29-15(3)20(28)26-25-19(27)12-9-16-7-10-17(11-8-16)21(22,23)24/h4-12,15H,1-3H3,(H,25,27)(H,26,28)/b12-9+/t15-/m1/s1. The minimum atomic E-state index is -4.42. The van der Waals surface area contributed by atoms with Crippen LogP contribution in [-0.2, 0) is 15.8 Å². The van der Waals surface area contributed by atoms with E-state index in [0.29, 0.717) is 11.3 Å². The minimum absolute atomic E-state index is 0.408. The topological polar surface area (TPSA) is 67.4 Å². The van der Waals surface area contributed by atoms with Crippen LogP contribution < -0.4 is 15.6 Å². The first-order valence-corrected chi connectivity index (χ1v) is 8.76. The molecule has 0 saturated carbocycles. The molecular formula is C21H21F3N2O3. The highest BCUT2D eigenvalue weighted by Gasteiger charge is 2.29. The Bertz CT molecular complexity index is 906. The molecule has 0 spiro atoms. The number of halogens is 3. The van der Waals surface area contributed by atoms with Gasteiger partial charge < -0.3 is 4.74 Å². The first-order chi connectivity index (χ1) is 13.6. The molecule has 0 fully saturated rings. The summed E-state index contributed by atoms with van der Waals surface area (Å²) in [5.41, 5.74) is 6.01. The van der Waals surface area contributed by atoms with Crippen LogP contribution in [0.4, 0.5) is 13.2 Å². The summed E-state index contributed by atoms with van der Waals surface area (Å²) in [5.74, 6) is -0.624. The zero-order valence-electron chi connectivity index (χ0n) is 16.1. The predicted molar refractivity (Wildman–Crippen MR) is 103 cm³/mol. The Morgan fingerprint density at radius 2 is 1.69 bits per heavy atom. The summed E-state index contributed by atoms with van der Waals surface area (Å²) >= 11 is 0. The Morgan fingerprint density at radius 1 is 1.03 bits per heavy atom. The van der Waals surface area contributed by atoms with Crippen LogP contribution in [0, 0.1) is 13.8 Å². The van der Waals surface area contributed by atoms with Gasteiger partial charge in [0.25, 0.3) is 11.8 Å². The number of rotatable bonds is 5. The van der Waals surface area contributed by atoms with Gasteiger partial charge in [-0.15, -0.1) is 0 Å². The van der Waals surface area contributed by atoms with E-state index in [-0.39, 0.29) is 0 Å². The maximum Gasteiger partial charge on any atom is 0.416 e. The molecule has 5 nitrogen and oxygen atoms in total. The van der Waals surface area contributed by atoms with Gasteiger partial charge in [0.15, 0.2) is 6.10 Å². The number of aryl methyl sites for hydroxylation is 1. The molecule has 0 unspecified atom stereocenters. The molecule has 0 saturated heterocycles. The molecule has 0 aliphatic heterocycles. The lowest BCUT2D eigenvalue weighted by molar-refractivity contribution is -0.137. The molecule has 2 N–H and O–H groups in total. The first-order valence-electron chi connectivity index (χ1n) is 8.76. The molecule has 0 bridgehead atoms. The summed E-state index contributed by atoms with van der Waals surface area (Å²) in [6.07, 6.45) is -2.84. The number of nitrogens with one attached hydrogen (secondary N) is 2. The highest BCUT2D eigenvalue weighted by atomic mass is 19.4. The van der Waals surface area contributed by atoms with Gasteiger partial charge in [0.2, 0.25) is 0 Å². The third-order valence-electron chi connectivity index (χ3n) is 4.20. The van der Waals surface area contributed by atoms with Crippen molar-refractivity contribution in [2.24, 2.45) is 0 Å². The molecule has 0 aromatic heterocycles. The number of benzene rings is 2. The highest BCUT2D eigenvalue weighted by Crippen LogP contribution is 2.29. The molecule has 0 radical (unpaired) electrons. The van der Waals surface area contributed by atoms with Crippen molar-refractivity contribution in [1.82, 2.24) is 10.9 Å². The van der Waals surface area contributed by atoms with E-state index in [1.165, 1.54) is 18.2 Å². The van der Waals surface area contributed by atoms with Crippen LogP contribution in [0.5, 0.6) is 5.75 Å². The van der Waals surface area contributed by atoms with Crippen LogP contribution >= 0.6 is 0 Å². The van der Waals surface area contributed by atoms with E-state index in [0.717, 1.165) is 29.3 Å². The Morgan fingerprint density at radius 3 is 2.31 bits per heavy atom. The summed E-state index contributed by atoms with van der Waals surface area (Å²) in [4.78, 5) is 23.9. The summed E-state index contributed by atoms with van der Waals surface area (Å²) in [5, 5.41) is 0. The number of alkyl halides is 3. The van der Waals surface area contributed by atoms with Gasteiger partial charge in [-0.05, 0) is 61.7 Å². The second-order valence-corrected chi connectivity index (χ2v) is 6.39. The van der Waals surface area contributed by atoms with E-state index in [2.05, 4.69) is 10.9 Å². The molecule has 0 heterocycles. The first kappa shape index (κ1) is 22.0. The number of hydrogen-bond donors (Lipinski definition) is 2. The van der Waals surface area contributed by atoms with Crippen LogP contribution in [-0.4, -0.2) is 17.9 Å². The molecule has 2 aromatic rings. The maximum absolute atomic E-state index is 12.5. The quantitative estimate of drug-likeness (QED) is 0.584. The molecule has 154 valence electrons. The Kier molecular flexibility index (Phi) is 7.03. The number of amides is 2. The third kappa shape index (κ3) is 6.38. The normalized spacial score (nSPS) is 12.5. The van der Waals surface area contributed by atoms with Gasteiger partial charge in [-0.2, -0.15) is 13.2 Å². The largest absolute Gasteiger partial charge is 0.481 e. The van der Waals surface area contributed by atoms with Gasteiger partial charge >= 0.3 is 6.18 Å². The average molecular weight is 406 g/mol. The number of carbonyl (C=O) groups excluding carboxylic acids is 2. The summed E-state index contributed by atoms with van der Waals surface area (Å²) in [6.45, 7) is 5.35. The maximum atomic E-state index is 12.5. The molecule has 2 rings (SSSR count). The van der Waals surface area contributed by atoms with E-state index in [1.807, 2.05) is 26.0 Å². The molecular weight excluding hydrogens is 385 g/mol.